The van der Waals surface area contributed by atoms with Crippen LogP contribution in [0.15, 0.2) is 18.2 Å². The third-order valence-corrected chi connectivity index (χ3v) is 3.94. The minimum absolute atomic E-state index is 0.0587. The number of rotatable bonds is 7. The van der Waals surface area contributed by atoms with Crippen LogP contribution in [-0.2, 0) is 4.74 Å². The lowest BCUT2D eigenvalue weighted by atomic mass is 10.0. The van der Waals surface area contributed by atoms with Gasteiger partial charge in [-0.25, -0.2) is 4.79 Å². The van der Waals surface area contributed by atoms with Gasteiger partial charge in [-0.15, -0.1) is 0 Å². The first-order chi connectivity index (χ1) is 10.5. The van der Waals surface area contributed by atoms with Crippen molar-refractivity contribution in [3.63, 3.8) is 0 Å². The maximum absolute atomic E-state index is 11.9. The SMILES string of the molecule is COC[C@@H](NC(=O)NC[C@@H](O)c1cc(C)cc(C)c1)C1CC1. The van der Waals surface area contributed by atoms with Crippen molar-refractivity contribution >= 4 is 6.03 Å². The number of ether oxygens (including phenoxy) is 1. The monoisotopic (exact) mass is 306 g/mol. The standard InChI is InChI=1S/C17H26N2O3/c1-11-6-12(2)8-14(7-11)16(20)9-18-17(21)19-15(10-22-3)13-4-5-13/h6-8,13,15-16,20H,4-5,9-10H2,1-3H3,(H2,18,19,21)/t15-,16-/m1/s1. The summed E-state index contributed by atoms with van der Waals surface area (Å²) in [6.45, 7) is 4.71. The molecule has 2 rings (SSSR count). The molecular weight excluding hydrogens is 280 g/mol. The molecule has 0 saturated heterocycles. The van der Waals surface area contributed by atoms with Gasteiger partial charge in [0.25, 0.3) is 0 Å². The van der Waals surface area contributed by atoms with Crippen LogP contribution < -0.4 is 10.6 Å². The highest BCUT2D eigenvalue weighted by molar-refractivity contribution is 5.74. The largest absolute Gasteiger partial charge is 0.387 e. The Kier molecular flexibility index (Phi) is 5.80. The lowest BCUT2D eigenvalue weighted by Crippen LogP contribution is -2.46. The summed E-state index contributed by atoms with van der Waals surface area (Å²) in [5.41, 5.74) is 3.04. The van der Waals surface area contributed by atoms with Crippen LogP contribution in [0.5, 0.6) is 0 Å². The van der Waals surface area contributed by atoms with Crippen LogP contribution in [0.2, 0.25) is 0 Å². The summed E-state index contributed by atoms with van der Waals surface area (Å²) >= 11 is 0. The molecule has 0 unspecified atom stereocenters. The number of urea groups is 1. The fourth-order valence-electron chi connectivity index (χ4n) is 2.70. The lowest BCUT2D eigenvalue weighted by molar-refractivity contribution is 0.152. The Labute approximate surface area is 132 Å². The summed E-state index contributed by atoms with van der Waals surface area (Å²) in [5, 5.41) is 15.9. The summed E-state index contributed by atoms with van der Waals surface area (Å²) < 4.78 is 5.14. The molecule has 5 nitrogen and oxygen atoms in total. The van der Waals surface area contributed by atoms with Crippen molar-refractivity contribution in [2.24, 2.45) is 5.92 Å². The molecule has 0 spiro atoms. The molecule has 2 amide bonds. The van der Waals surface area contributed by atoms with E-state index in [0.29, 0.717) is 12.5 Å². The summed E-state index contributed by atoms with van der Waals surface area (Å²) in [6.07, 6.45) is 1.57. The second-order valence-corrected chi connectivity index (χ2v) is 6.19. The lowest BCUT2D eigenvalue weighted by Gasteiger charge is -2.19. The zero-order valence-electron chi connectivity index (χ0n) is 13.6. The average Bonchev–Trinajstić information content (AvgIpc) is 3.27. The molecule has 1 aliphatic rings. The number of hydrogen-bond donors (Lipinski definition) is 3. The van der Waals surface area contributed by atoms with Gasteiger partial charge < -0.3 is 20.5 Å². The van der Waals surface area contributed by atoms with Crippen molar-refractivity contribution in [1.29, 1.82) is 0 Å². The second kappa shape index (κ2) is 7.61. The highest BCUT2D eigenvalue weighted by atomic mass is 16.5. The molecule has 1 fully saturated rings. The average molecular weight is 306 g/mol. The van der Waals surface area contributed by atoms with Crippen molar-refractivity contribution in [1.82, 2.24) is 10.6 Å². The number of carbonyl (C=O) groups excluding carboxylic acids is 1. The molecular formula is C17H26N2O3. The van der Waals surface area contributed by atoms with Gasteiger partial charge in [0.2, 0.25) is 0 Å². The third kappa shape index (κ3) is 5.00. The van der Waals surface area contributed by atoms with Gasteiger partial charge in [0, 0.05) is 13.7 Å². The predicted molar refractivity (Wildman–Crippen MR) is 85.8 cm³/mol. The molecule has 1 aliphatic carbocycles. The van der Waals surface area contributed by atoms with E-state index in [0.717, 1.165) is 29.5 Å². The van der Waals surface area contributed by atoms with Gasteiger partial charge in [-0.1, -0.05) is 29.3 Å². The predicted octanol–water partition coefficient (Wildman–Crippen LogP) is 2.06. The Balaban J connectivity index is 1.82. The van der Waals surface area contributed by atoms with E-state index in [1.54, 1.807) is 7.11 Å². The van der Waals surface area contributed by atoms with E-state index in [2.05, 4.69) is 16.7 Å². The van der Waals surface area contributed by atoms with Crippen molar-refractivity contribution in [2.75, 3.05) is 20.3 Å². The molecule has 0 heterocycles. The van der Waals surface area contributed by atoms with Gasteiger partial charge in [-0.3, -0.25) is 0 Å². The van der Waals surface area contributed by atoms with E-state index in [1.807, 2.05) is 26.0 Å². The molecule has 2 atom stereocenters. The van der Waals surface area contributed by atoms with Crippen LogP contribution >= 0.6 is 0 Å². The summed E-state index contributed by atoms with van der Waals surface area (Å²) in [5.74, 6) is 0.523. The van der Waals surface area contributed by atoms with Crippen molar-refractivity contribution in [2.45, 2.75) is 38.8 Å². The van der Waals surface area contributed by atoms with Gasteiger partial charge in [0.1, 0.15) is 0 Å². The van der Waals surface area contributed by atoms with Crippen LogP contribution in [0.1, 0.15) is 35.6 Å². The number of benzene rings is 1. The third-order valence-electron chi connectivity index (χ3n) is 3.94. The van der Waals surface area contributed by atoms with Crippen molar-refractivity contribution in [3.05, 3.63) is 34.9 Å². The van der Waals surface area contributed by atoms with Crippen LogP contribution in [0.25, 0.3) is 0 Å². The highest BCUT2D eigenvalue weighted by Crippen LogP contribution is 2.32. The maximum atomic E-state index is 11.9. The quantitative estimate of drug-likeness (QED) is 0.722. The van der Waals surface area contributed by atoms with E-state index < -0.39 is 6.10 Å². The summed E-state index contributed by atoms with van der Waals surface area (Å²) in [7, 11) is 1.64. The van der Waals surface area contributed by atoms with E-state index >= 15 is 0 Å². The molecule has 0 radical (unpaired) electrons. The summed E-state index contributed by atoms with van der Waals surface area (Å²) in [4.78, 5) is 11.9. The first-order valence-corrected chi connectivity index (χ1v) is 7.79. The highest BCUT2D eigenvalue weighted by Gasteiger charge is 2.32. The van der Waals surface area contributed by atoms with Crippen LogP contribution in [-0.4, -0.2) is 37.4 Å². The molecule has 1 aromatic carbocycles. The van der Waals surface area contributed by atoms with Gasteiger partial charge in [-0.2, -0.15) is 0 Å². The number of hydrogen-bond acceptors (Lipinski definition) is 3. The maximum Gasteiger partial charge on any atom is 0.315 e. The molecule has 1 saturated carbocycles. The zero-order chi connectivity index (χ0) is 16.1. The minimum Gasteiger partial charge on any atom is -0.387 e. The van der Waals surface area contributed by atoms with E-state index in [1.165, 1.54) is 0 Å². The number of nitrogens with one attached hydrogen (secondary N) is 2. The van der Waals surface area contributed by atoms with Crippen LogP contribution in [0.4, 0.5) is 4.79 Å². The first kappa shape index (κ1) is 16.8. The number of aliphatic hydroxyl groups excluding tert-OH is 1. The van der Waals surface area contributed by atoms with Crippen LogP contribution in [0, 0.1) is 19.8 Å². The number of aliphatic hydroxyl groups is 1. The number of aryl methyl sites for hydroxylation is 2. The van der Waals surface area contributed by atoms with Gasteiger partial charge in [0.05, 0.1) is 18.8 Å². The minimum atomic E-state index is -0.703. The Hall–Kier alpha value is -1.59. The Morgan fingerprint density at radius 2 is 1.95 bits per heavy atom. The molecule has 5 heteroatoms. The van der Waals surface area contributed by atoms with Gasteiger partial charge in [-0.05, 0) is 38.2 Å². The van der Waals surface area contributed by atoms with Gasteiger partial charge >= 0.3 is 6.03 Å². The Morgan fingerprint density at radius 3 is 2.50 bits per heavy atom. The molecule has 0 aliphatic heterocycles. The van der Waals surface area contributed by atoms with Crippen LogP contribution in [0.3, 0.4) is 0 Å². The van der Waals surface area contributed by atoms with Gasteiger partial charge in [0.15, 0.2) is 0 Å². The number of carbonyl (C=O) groups is 1. The summed E-state index contributed by atoms with van der Waals surface area (Å²) in [6, 6.07) is 5.74. The molecule has 0 aromatic heterocycles. The fourth-order valence-corrected chi connectivity index (χ4v) is 2.70. The molecule has 3 N–H and O–H groups in total. The van der Waals surface area contributed by atoms with E-state index in [-0.39, 0.29) is 18.6 Å². The smallest absolute Gasteiger partial charge is 0.315 e. The molecule has 0 bridgehead atoms. The first-order valence-electron chi connectivity index (χ1n) is 7.79. The van der Waals surface area contributed by atoms with E-state index in [4.69, 9.17) is 4.74 Å². The topological polar surface area (TPSA) is 70.6 Å². The van der Waals surface area contributed by atoms with Crippen molar-refractivity contribution < 1.29 is 14.6 Å². The normalized spacial score (nSPS) is 16.9. The second-order valence-electron chi connectivity index (χ2n) is 6.19. The Bertz CT molecular complexity index is 494. The number of methoxy groups -OCH3 is 1. The number of amides is 2. The molecule has 22 heavy (non-hydrogen) atoms. The Morgan fingerprint density at radius 1 is 1.32 bits per heavy atom. The van der Waals surface area contributed by atoms with Crippen molar-refractivity contribution in [3.8, 4) is 0 Å². The zero-order valence-corrected chi connectivity index (χ0v) is 13.6. The van der Waals surface area contributed by atoms with E-state index in [9.17, 15) is 9.90 Å². The molecule has 1 aromatic rings. The molecule has 122 valence electrons. The fraction of sp³-hybridized carbons (Fsp3) is 0.588.